The van der Waals surface area contributed by atoms with Gasteiger partial charge in [0.05, 0.1) is 22.8 Å². The molecule has 2 aromatic carbocycles. The van der Waals surface area contributed by atoms with Gasteiger partial charge in [-0.2, -0.15) is 5.10 Å². The van der Waals surface area contributed by atoms with Gasteiger partial charge in [-0.15, -0.1) is 0 Å². The number of benzene rings is 2. The first kappa shape index (κ1) is 24.8. The van der Waals surface area contributed by atoms with E-state index in [4.69, 9.17) is 5.10 Å². The Labute approximate surface area is 209 Å². The van der Waals surface area contributed by atoms with Crippen LogP contribution in [0.3, 0.4) is 0 Å². The van der Waals surface area contributed by atoms with Crippen molar-refractivity contribution < 1.29 is 4.79 Å². The van der Waals surface area contributed by atoms with Crippen LogP contribution in [-0.4, -0.2) is 29.8 Å². The Kier molecular flexibility index (Phi) is 6.67. The number of carbonyl (C=O) groups is 1. The summed E-state index contributed by atoms with van der Waals surface area (Å²) >= 11 is 0. The van der Waals surface area contributed by atoms with E-state index in [0.29, 0.717) is 5.56 Å². The second-order valence-corrected chi connectivity index (χ2v) is 10.5. The zero-order chi connectivity index (χ0) is 25.4. The molecule has 6 nitrogen and oxygen atoms in total. The molecule has 2 heterocycles. The summed E-state index contributed by atoms with van der Waals surface area (Å²) in [6.07, 6.45) is 2.48. The molecule has 1 atom stereocenters. The molecule has 0 saturated carbocycles. The van der Waals surface area contributed by atoms with Crippen molar-refractivity contribution in [2.24, 2.45) is 0 Å². The Morgan fingerprint density at radius 2 is 1.74 bits per heavy atom. The first-order valence-corrected chi connectivity index (χ1v) is 12.6. The molecule has 0 aliphatic carbocycles. The number of rotatable bonds is 7. The maximum Gasteiger partial charge on any atom is 0.257 e. The predicted molar refractivity (Wildman–Crippen MR) is 144 cm³/mol. The minimum Gasteiger partial charge on any atom is -0.378 e. The third kappa shape index (κ3) is 4.54. The van der Waals surface area contributed by atoms with Crippen molar-refractivity contribution in [2.75, 3.05) is 24.3 Å². The normalized spacial score (nSPS) is 16.8. The van der Waals surface area contributed by atoms with Crippen LogP contribution in [0.2, 0.25) is 0 Å². The number of fused-ring (bicyclic) bond motifs is 1. The Morgan fingerprint density at radius 1 is 1.11 bits per heavy atom. The summed E-state index contributed by atoms with van der Waals surface area (Å²) in [5.74, 6) is 0.718. The van der Waals surface area contributed by atoms with Gasteiger partial charge in [0.1, 0.15) is 11.4 Å². The van der Waals surface area contributed by atoms with Gasteiger partial charge >= 0.3 is 0 Å². The van der Waals surface area contributed by atoms with E-state index in [2.05, 4.69) is 91.8 Å². The van der Waals surface area contributed by atoms with Crippen molar-refractivity contribution in [3.05, 3.63) is 77.0 Å². The van der Waals surface area contributed by atoms with Crippen LogP contribution in [0.4, 0.5) is 11.5 Å². The molecular weight excluding hydrogens is 434 g/mol. The van der Waals surface area contributed by atoms with E-state index < -0.39 is 5.54 Å². The molecule has 0 radical (unpaired) electrons. The summed E-state index contributed by atoms with van der Waals surface area (Å²) in [6.45, 7) is 10.6. The Morgan fingerprint density at radius 3 is 2.31 bits per heavy atom. The van der Waals surface area contributed by atoms with Crippen LogP contribution in [0.15, 0.2) is 54.6 Å². The lowest BCUT2D eigenvalue weighted by Gasteiger charge is -2.38. The van der Waals surface area contributed by atoms with E-state index in [0.717, 1.165) is 42.0 Å². The molecule has 3 aromatic rings. The van der Waals surface area contributed by atoms with E-state index in [-0.39, 0.29) is 17.5 Å². The van der Waals surface area contributed by atoms with Crippen molar-refractivity contribution in [3.8, 4) is 0 Å². The van der Waals surface area contributed by atoms with Crippen LogP contribution < -0.4 is 15.5 Å². The fourth-order valence-electron chi connectivity index (χ4n) is 5.32. The number of carbonyl (C=O) groups excluding carboxylic acids is 1. The highest BCUT2D eigenvalue weighted by Crippen LogP contribution is 2.41. The van der Waals surface area contributed by atoms with Gasteiger partial charge in [-0.05, 0) is 63.3 Å². The van der Waals surface area contributed by atoms with Gasteiger partial charge in [0, 0.05) is 19.8 Å². The molecule has 1 aromatic heterocycles. The fourth-order valence-corrected chi connectivity index (χ4v) is 5.32. The number of aryl methyl sites for hydroxylation is 1. The van der Waals surface area contributed by atoms with Gasteiger partial charge in [0.15, 0.2) is 0 Å². The van der Waals surface area contributed by atoms with Crippen LogP contribution in [-0.2, 0) is 11.1 Å². The maximum absolute atomic E-state index is 13.9. The molecule has 0 fully saturated rings. The molecule has 4 rings (SSSR count). The number of nitrogens with zero attached hydrogens (tertiary/aromatic N) is 3. The number of anilines is 2. The zero-order valence-electron chi connectivity index (χ0n) is 22.1. The standard InChI is InChI=1S/C29H39N5O/c1-8-29(9-2,22-15-17-23(18-16-22)33(6)7)31-27(35)25-20(3)32-34-26(25)30-24(19-28(34,4)5)21-13-11-10-12-14-21/h10-18,24,30H,8-9,19H2,1-7H3,(H,31,35). The third-order valence-corrected chi connectivity index (χ3v) is 7.57. The minimum absolute atomic E-state index is 0.0823. The number of hydrogen-bond donors (Lipinski definition) is 2. The molecule has 1 aliphatic rings. The average molecular weight is 474 g/mol. The molecular formula is C29H39N5O. The summed E-state index contributed by atoms with van der Waals surface area (Å²) in [6, 6.07) is 19.1. The highest BCUT2D eigenvalue weighted by atomic mass is 16.2. The molecule has 186 valence electrons. The molecule has 2 N–H and O–H groups in total. The Balaban J connectivity index is 1.70. The first-order chi connectivity index (χ1) is 16.6. The quantitative estimate of drug-likeness (QED) is 0.442. The van der Waals surface area contributed by atoms with Gasteiger partial charge in [-0.1, -0.05) is 56.3 Å². The number of amides is 1. The van der Waals surface area contributed by atoms with Gasteiger partial charge in [0.25, 0.3) is 5.91 Å². The molecule has 0 saturated heterocycles. The average Bonchev–Trinajstić information content (AvgIpc) is 3.20. The monoisotopic (exact) mass is 473 g/mol. The minimum atomic E-state index is -0.452. The SMILES string of the molecule is CCC(CC)(NC(=O)c1c(C)nn2c1NC(c1ccccc1)CC2(C)C)c1ccc(N(C)C)cc1. The van der Waals surface area contributed by atoms with Crippen LogP contribution in [0.5, 0.6) is 0 Å². The largest absolute Gasteiger partial charge is 0.378 e. The summed E-state index contributed by atoms with van der Waals surface area (Å²) in [5.41, 5.74) is 4.18. The van der Waals surface area contributed by atoms with Gasteiger partial charge in [-0.3, -0.25) is 4.79 Å². The first-order valence-electron chi connectivity index (χ1n) is 12.6. The lowest BCUT2D eigenvalue weighted by atomic mass is 9.84. The Bertz CT molecular complexity index is 1170. The van der Waals surface area contributed by atoms with E-state index in [1.165, 1.54) is 5.56 Å². The molecule has 35 heavy (non-hydrogen) atoms. The van der Waals surface area contributed by atoms with E-state index >= 15 is 0 Å². The maximum atomic E-state index is 13.9. The lowest BCUT2D eigenvalue weighted by molar-refractivity contribution is 0.0889. The van der Waals surface area contributed by atoms with Crippen LogP contribution in [0.25, 0.3) is 0 Å². The molecule has 0 spiro atoms. The Hall–Kier alpha value is -3.28. The van der Waals surface area contributed by atoms with Gasteiger partial charge in [-0.25, -0.2) is 4.68 Å². The van der Waals surface area contributed by atoms with Crippen molar-refractivity contribution in [1.29, 1.82) is 0 Å². The van der Waals surface area contributed by atoms with Crippen LogP contribution in [0.1, 0.15) is 80.2 Å². The molecule has 1 amide bonds. The summed E-state index contributed by atoms with van der Waals surface area (Å²) in [7, 11) is 4.07. The summed E-state index contributed by atoms with van der Waals surface area (Å²) < 4.78 is 2.00. The highest BCUT2D eigenvalue weighted by Gasteiger charge is 2.39. The summed E-state index contributed by atoms with van der Waals surface area (Å²) in [4.78, 5) is 16.0. The van der Waals surface area contributed by atoms with Crippen molar-refractivity contribution in [2.45, 2.75) is 71.0 Å². The third-order valence-electron chi connectivity index (χ3n) is 7.57. The van der Waals surface area contributed by atoms with Crippen LogP contribution >= 0.6 is 0 Å². The van der Waals surface area contributed by atoms with Crippen molar-refractivity contribution >= 4 is 17.4 Å². The van der Waals surface area contributed by atoms with Crippen molar-refractivity contribution in [1.82, 2.24) is 15.1 Å². The van der Waals surface area contributed by atoms with Gasteiger partial charge in [0.2, 0.25) is 0 Å². The zero-order valence-corrected chi connectivity index (χ0v) is 22.1. The van der Waals surface area contributed by atoms with E-state index in [1.807, 2.05) is 31.8 Å². The van der Waals surface area contributed by atoms with Gasteiger partial charge < -0.3 is 15.5 Å². The molecule has 1 unspecified atom stereocenters. The number of aromatic nitrogens is 2. The van der Waals surface area contributed by atoms with E-state index in [9.17, 15) is 4.79 Å². The van der Waals surface area contributed by atoms with Crippen molar-refractivity contribution in [3.63, 3.8) is 0 Å². The topological polar surface area (TPSA) is 62.2 Å². The fraction of sp³-hybridized carbons (Fsp3) is 0.448. The number of nitrogens with one attached hydrogen (secondary N) is 2. The second kappa shape index (κ2) is 9.40. The molecule has 1 aliphatic heterocycles. The molecule has 6 heteroatoms. The number of hydrogen-bond acceptors (Lipinski definition) is 4. The highest BCUT2D eigenvalue weighted by molar-refractivity contribution is 6.00. The van der Waals surface area contributed by atoms with E-state index in [1.54, 1.807) is 0 Å². The second-order valence-electron chi connectivity index (χ2n) is 10.5. The lowest BCUT2D eigenvalue weighted by Crippen LogP contribution is -2.45. The molecule has 0 bridgehead atoms. The van der Waals surface area contributed by atoms with Crippen LogP contribution in [0, 0.1) is 6.92 Å². The predicted octanol–water partition coefficient (Wildman–Crippen LogP) is 5.99. The smallest absolute Gasteiger partial charge is 0.257 e. The summed E-state index contributed by atoms with van der Waals surface area (Å²) in [5, 5.41) is 11.9.